The van der Waals surface area contributed by atoms with Crippen molar-refractivity contribution in [1.29, 1.82) is 0 Å². The largest absolute Gasteiger partial charge is 0.351 e. The first-order chi connectivity index (χ1) is 14.5. The summed E-state index contributed by atoms with van der Waals surface area (Å²) < 4.78 is 13.3. The molecular formula is C22H25FN4O2S. The van der Waals surface area contributed by atoms with E-state index in [1.165, 1.54) is 23.5 Å². The molecule has 158 valence electrons. The molecule has 0 bridgehead atoms. The van der Waals surface area contributed by atoms with Gasteiger partial charge in [-0.25, -0.2) is 4.39 Å². The van der Waals surface area contributed by atoms with Crippen LogP contribution in [0.5, 0.6) is 0 Å². The first-order valence-electron chi connectivity index (χ1n) is 9.89. The lowest BCUT2D eigenvalue weighted by Crippen LogP contribution is -2.29. The molecule has 1 aromatic carbocycles. The number of nitrogens with zero attached hydrogens (tertiary/aromatic N) is 2. The topological polar surface area (TPSA) is 78.1 Å². The second kappa shape index (κ2) is 10.7. The van der Waals surface area contributed by atoms with E-state index in [1.807, 2.05) is 23.6 Å². The number of amides is 2. The molecule has 0 saturated heterocycles. The highest BCUT2D eigenvalue weighted by atomic mass is 32.1. The van der Waals surface area contributed by atoms with E-state index in [4.69, 9.17) is 0 Å². The number of aromatic nitrogens is 2. The number of hydrogen-bond acceptors (Lipinski definition) is 4. The van der Waals surface area contributed by atoms with E-state index in [1.54, 1.807) is 24.1 Å². The molecule has 0 fully saturated rings. The molecule has 0 saturated carbocycles. The normalized spacial score (nSPS) is 10.7. The smallest absolute Gasteiger partial charge is 0.261 e. The van der Waals surface area contributed by atoms with Gasteiger partial charge in [-0.1, -0.05) is 18.2 Å². The van der Waals surface area contributed by atoms with Crippen LogP contribution >= 0.6 is 11.3 Å². The quantitative estimate of drug-likeness (QED) is 0.481. The first-order valence-corrected chi connectivity index (χ1v) is 10.8. The Hall–Kier alpha value is -3.00. The Kier molecular flexibility index (Phi) is 7.73. The van der Waals surface area contributed by atoms with Gasteiger partial charge in [0, 0.05) is 37.8 Å². The van der Waals surface area contributed by atoms with Gasteiger partial charge in [0.2, 0.25) is 5.91 Å². The SMILES string of the molecule is CN(CCCc1cc(-c2cccc(F)c2)n[nH]1)C(=O)CCCNC(=O)c1cccs1. The van der Waals surface area contributed by atoms with E-state index >= 15 is 0 Å². The molecule has 0 radical (unpaired) electrons. The van der Waals surface area contributed by atoms with Crippen LogP contribution in [-0.4, -0.2) is 47.0 Å². The van der Waals surface area contributed by atoms with E-state index in [0.29, 0.717) is 36.5 Å². The lowest BCUT2D eigenvalue weighted by molar-refractivity contribution is -0.130. The number of thiophene rings is 1. The summed E-state index contributed by atoms with van der Waals surface area (Å²) in [5.74, 6) is -0.323. The summed E-state index contributed by atoms with van der Waals surface area (Å²) >= 11 is 1.40. The number of nitrogens with one attached hydrogen (secondary N) is 2. The van der Waals surface area contributed by atoms with Gasteiger partial charge in [-0.05, 0) is 48.9 Å². The summed E-state index contributed by atoms with van der Waals surface area (Å²) in [5.41, 5.74) is 2.39. The molecule has 6 nitrogen and oxygen atoms in total. The molecule has 2 N–H and O–H groups in total. The molecule has 0 spiro atoms. The Morgan fingerprint density at radius 2 is 2.07 bits per heavy atom. The van der Waals surface area contributed by atoms with E-state index in [-0.39, 0.29) is 17.6 Å². The minimum atomic E-state index is -0.289. The van der Waals surface area contributed by atoms with E-state index in [2.05, 4.69) is 15.5 Å². The lowest BCUT2D eigenvalue weighted by Gasteiger charge is -2.16. The highest BCUT2D eigenvalue weighted by Crippen LogP contribution is 2.19. The van der Waals surface area contributed by atoms with Crippen LogP contribution in [0.25, 0.3) is 11.3 Å². The first kappa shape index (κ1) is 21.7. The zero-order valence-electron chi connectivity index (χ0n) is 16.9. The van der Waals surface area contributed by atoms with E-state index in [9.17, 15) is 14.0 Å². The fourth-order valence-electron chi connectivity index (χ4n) is 3.04. The molecule has 2 aromatic heterocycles. The predicted molar refractivity (Wildman–Crippen MR) is 116 cm³/mol. The Morgan fingerprint density at radius 1 is 1.20 bits per heavy atom. The summed E-state index contributed by atoms with van der Waals surface area (Å²) in [6.45, 7) is 1.11. The van der Waals surface area contributed by atoms with Gasteiger partial charge in [0.25, 0.3) is 5.91 Å². The van der Waals surface area contributed by atoms with Gasteiger partial charge in [-0.3, -0.25) is 14.7 Å². The molecule has 2 heterocycles. The summed E-state index contributed by atoms with van der Waals surface area (Å²) in [4.78, 5) is 26.5. The number of aromatic amines is 1. The number of benzene rings is 1. The fourth-order valence-corrected chi connectivity index (χ4v) is 3.68. The van der Waals surface area contributed by atoms with Gasteiger partial charge < -0.3 is 10.2 Å². The van der Waals surface area contributed by atoms with Crippen molar-refractivity contribution in [2.45, 2.75) is 25.7 Å². The second-order valence-corrected chi connectivity index (χ2v) is 7.99. The Balaban J connectivity index is 1.33. The van der Waals surface area contributed by atoms with Crippen molar-refractivity contribution in [3.63, 3.8) is 0 Å². The molecule has 0 aliphatic rings. The third kappa shape index (κ3) is 6.25. The number of hydrogen-bond donors (Lipinski definition) is 2. The highest BCUT2D eigenvalue weighted by molar-refractivity contribution is 7.12. The number of H-pyrrole nitrogens is 1. The maximum atomic E-state index is 13.3. The number of carbonyl (C=O) groups excluding carboxylic acids is 2. The summed E-state index contributed by atoms with van der Waals surface area (Å²) in [6, 6.07) is 11.9. The van der Waals surface area contributed by atoms with Crippen LogP contribution in [0.2, 0.25) is 0 Å². The molecule has 0 atom stereocenters. The Labute approximate surface area is 179 Å². The van der Waals surface area contributed by atoms with Crippen LogP contribution in [-0.2, 0) is 11.2 Å². The minimum absolute atomic E-state index is 0.0606. The second-order valence-electron chi connectivity index (χ2n) is 7.04. The number of halogens is 1. The van der Waals surface area contributed by atoms with Crippen LogP contribution < -0.4 is 5.32 Å². The van der Waals surface area contributed by atoms with Crippen LogP contribution in [0.4, 0.5) is 4.39 Å². The number of carbonyl (C=O) groups is 2. The Morgan fingerprint density at radius 3 is 2.83 bits per heavy atom. The zero-order chi connectivity index (χ0) is 21.3. The third-order valence-electron chi connectivity index (χ3n) is 4.71. The lowest BCUT2D eigenvalue weighted by atomic mass is 10.1. The fraction of sp³-hybridized carbons (Fsp3) is 0.318. The van der Waals surface area contributed by atoms with Crippen LogP contribution in [0.15, 0.2) is 47.8 Å². The maximum absolute atomic E-state index is 13.3. The van der Waals surface area contributed by atoms with Crippen molar-refractivity contribution >= 4 is 23.2 Å². The van der Waals surface area contributed by atoms with Crippen molar-refractivity contribution in [2.24, 2.45) is 0 Å². The number of rotatable bonds is 10. The summed E-state index contributed by atoms with van der Waals surface area (Å²) in [7, 11) is 1.79. The predicted octanol–water partition coefficient (Wildman–Crippen LogP) is 3.88. The van der Waals surface area contributed by atoms with Gasteiger partial charge in [0.15, 0.2) is 0 Å². The van der Waals surface area contributed by atoms with Crippen molar-refractivity contribution in [3.8, 4) is 11.3 Å². The molecular weight excluding hydrogens is 403 g/mol. The van der Waals surface area contributed by atoms with Gasteiger partial charge in [-0.15, -0.1) is 11.3 Å². The monoisotopic (exact) mass is 428 g/mol. The molecule has 0 aliphatic carbocycles. The molecule has 8 heteroatoms. The average Bonchev–Trinajstić information content (AvgIpc) is 3.43. The molecule has 0 aliphatic heterocycles. The maximum Gasteiger partial charge on any atom is 0.261 e. The highest BCUT2D eigenvalue weighted by Gasteiger charge is 2.11. The number of aryl methyl sites for hydroxylation is 1. The van der Waals surface area contributed by atoms with Crippen molar-refractivity contribution in [2.75, 3.05) is 20.1 Å². The molecule has 30 heavy (non-hydrogen) atoms. The summed E-state index contributed by atoms with van der Waals surface area (Å²) in [6.07, 6.45) is 2.55. The molecule has 3 rings (SSSR count). The average molecular weight is 429 g/mol. The zero-order valence-corrected chi connectivity index (χ0v) is 17.7. The minimum Gasteiger partial charge on any atom is -0.351 e. The van der Waals surface area contributed by atoms with Gasteiger partial charge >= 0.3 is 0 Å². The van der Waals surface area contributed by atoms with Crippen LogP contribution in [0.1, 0.15) is 34.6 Å². The van der Waals surface area contributed by atoms with E-state index in [0.717, 1.165) is 24.1 Å². The van der Waals surface area contributed by atoms with Crippen LogP contribution in [0.3, 0.4) is 0 Å². The molecule has 0 unspecified atom stereocenters. The van der Waals surface area contributed by atoms with Crippen molar-refractivity contribution < 1.29 is 14.0 Å². The van der Waals surface area contributed by atoms with Gasteiger partial charge in [0.05, 0.1) is 10.6 Å². The standard InChI is InChI=1S/C22H25FN4O2S/c1-27(21(28)10-3-11-24-22(29)20-9-5-13-30-20)12-4-8-18-15-19(26-25-18)16-6-2-7-17(23)14-16/h2,5-7,9,13-15H,3-4,8,10-12H2,1H3,(H,24,29)(H,25,26). The van der Waals surface area contributed by atoms with Gasteiger partial charge in [0.1, 0.15) is 5.82 Å². The molecule has 2 amide bonds. The Bertz CT molecular complexity index is 971. The van der Waals surface area contributed by atoms with Crippen LogP contribution in [0, 0.1) is 5.82 Å². The van der Waals surface area contributed by atoms with E-state index < -0.39 is 0 Å². The third-order valence-corrected chi connectivity index (χ3v) is 5.58. The van der Waals surface area contributed by atoms with Crippen molar-refractivity contribution in [1.82, 2.24) is 20.4 Å². The van der Waals surface area contributed by atoms with Crippen molar-refractivity contribution in [3.05, 3.63) is 64.2 Å². The molecule has 3 aromatic rings. The summed E-state index contributed by atoms with van der Waals surface area (Å²) in [5, 5.41) is 11.9. The van der Waals surface area contributed by atoms with Gasteiger partial charge in [-0.2, -0.15) is 5.10 Å².